The fraction of sp³-hybridized carbons (Fsp3) is 0.200. The zero-order valence-corrected chi connectivity index (χ0v) is 10.6. The van der Waals surface area contributed by atoms with Crippen LogP contribution < -0.4 is 10.5 Å². The van der Waals surface area contributed by atoms with Crippen molar-refractivity contribution >= 4 is 15.8 Å². The van der Waals surface area contributed by atoms with Gasteiger partial charge in [-0.05, 0) is 17.7 Å². The number of primary sulfonamides is 1. The lowest BCUT2D eigenvalue weighted by molar-refractivity contribution is 0.598. The van der Waals surface area contributed by atoms with E-state index in [1.807, 2.05) is 0 Å². The van der Waals surface area contributed by atoms with Crippen molar-refractivity contribution in [2.75, 3.05) is 5.32 Å². The third-order valence-electron chi connectivity index (χ3n) is 2.44. The summed E-state index contributed by atoms with van der Waals surface area (Å²) in [7, 11) is -1.85. The molecule has 7 nitrogen and oxygen atoms in total. The van der Waals surface area contributed by atoms with E-state index in [0.717, 1.165) is 11.4 Å². The van der Waals surface area contributed by atoms with Crippen molar-refractivity contribution in [1.82, 2.24) is 15.0 Å². The minimum absolute atomic E-state index is 0.105. The molecule has 0 unspecified atom stereocenters. The summed E-state index contributed by atoms with van der Waals surface area (Å²) in [5.74, 6) is 0.783. The van der Waals surface area contributed by atoms with Gasteiger partial charge in [-0.25, -0.2) is 18.2 Å². The number of hydrogen-bond donors (Lipinski definition) is 2. The summed E-state index contributed by atoms with van der Waals surface area (Å²) in [5, 5.41) is 15.7. The first-order chi connectivity index (χ1) is 8.47. The number of nitrogens with zero attached hydrogens (tertiary/aromatic N) is 3. The van der Waals surface area contributed by atoms with Crippen LogP contribution in [0, 0.1) is 0 Å². The molecule has 0 aliphatic rings. The van der Waals surface area contributed by atoms with Crippen LogP contribution in [0.5, 0.6) is 0 Å². The molecule has 0 amide bonds. The van der Waals surface area contributed by atoms with Crippen molar-refractivity contribution in [2.24, 2.45) is 12.2 Å². The maximum absolute atomic E-state index is 11.1. The number of rotatable bonds is 4. The van der Waals surface area contributed by atoms with Gasteiger partial charge in [0.05, 0.1) is 11.1 Å². The minimum atomic E-state index is -3.63. The lowest BCUT2D eigenvalue weighted by Gasteiger charge is -2.06. The van der Waals surface area contributed by atoms with Crippen molar-refractivity contribution in [1.29, 1.82) is 0 Å². The third kappa shape index (κ3) is 2.84. The molecule has 96 valence electrons. The maximum Gasteiger partial charge on any atom is 0.238 e. The van der Waals surface area contributed by atoms with E-state index in [-0.39, 0.29) is 4.90 Å². The largest absolute Gasteiger partial charge is 0.365 e. The highest BCUT2D eigenvalue weighted by Crippen LogP contribution is 2.10. The van der Waals surface area contributed by atoms with Crippen LogP contribution in [0.25, 0.3) is 0 Å². The number of benzene rings is 1. The number of anilines is 1. The Hall–Kier alpha value is -1.93. The smallest absolute Gasteiger partial charge is 0.238 e. The van der Waals surface area contributed by atoms with Crippen LogP contribution in [-0.4, -0.2) is 23.4 Å². The van der Waals surface area contributed by atoms with Gasteiger partial charge in [-0.2, -0.15) is 0 Å². The molecule has 0 saturated carbocycles. The van der Waals surface area contributed by atoms with Gasteiger partial charge in [0.15, 0.2) is 0 Å². The predicted octanol–water partition coefficient (Wildman–Crippen LogP) is 0.0746. The number of nitrogens with one attached hydrogen (secondary N) is 1. The van der Waals surface area contributed by atoms with Crippen molar-refractivity contribution < 1.29 is 8.42 Å². The van der Waals surface area contributed by atoms with Gasteiger partial charge in [0.1, 0.15) is 5.82 Å². The molecular weight excluding hydrogens is 254 g/mol. The fourth-order valence-electron chi connectivity index (χ4n) is 1.44. The second kappa shape index (κ2) is 4.75. The monoisotopic (exact) mass is 267 g/mol. The lowest BCUT2D eigenvalue weighted by atomic mass is 10.2. The Balaban J connectivity index is 2.05. The number of hydrogen-bond acceptors (Lipinski definition) is 5. The molecular formula is C10H13N5O2S. The van der Waals surface area contributed by atoms with Crippen molar-refractivity contribution in [2.45, 2.75) is 11.4 Å². The predicted molar refractivity (Wildman–Crippen MR) is 66.1 cm³/mol. The van der Waals surface area contributed by atoms with E-state index in [4.69, 9.17) is 5.14 Å². The van der Waals surface area contributed by atoms with Crippen LogP contribution in [-0.2, 0) is 23.6 Å². The first kappa shape index (κ1) is 12.5. The molecule has 0 saturated heterocycles. The zero-order valence-electron chi connectivity index (χ0n) is 9.74. The molecule has 1 heterocycles. The molecule has 0 bridgehead atoms. The molecule has 0 spiro atoms. The molecule has 0 fully saturated rings. The first-order valence-corrected chi connectivity index (χ1v) is 6.72. The molecule has 3 N–H and O–H groups in total. The van der Waals surface area contributed by atoms with E-state index in [0.29, 0.717) is 6.54 Å². The van der Waals surface area contributed by atoms with E-state index in [2.05, 4.69) is 15.6 Å². The highest BCUT2D eigenvalue weighted by molar-refractivity contribution is 7.89. The summed E-state index contributed by atoms with van der Waals surface area (Å²) in [6.07, 6.45) is 1.61. The Morgan fingerprint density at radius 1 is 1.33 bits per heavy atom. The summed E-state index contributed by atoms with van der Waals surface area (Å²) >= 11 is 0. The van der Waals surface area contributed by atoms with Crippen molar-refractivity contribution in [3.05, 3.63) is 36.0 Å². The van der Waals surface area contributed by atoms with Crippen LogP contribution >= 0.6 is 0 Å². The Kier molecular flexibility index (Phi) is 3.30. The molecule has 0 radical (unpaired) electrons. The second-order valence-corrected chi connectivity index (χ2v) is 5.35. The topological polar surface area (TPSA) is 103 Å². The average Bonchev–Trinajstić information content (AvgIpc) is 2.72. The highest BCUT2D eigenvalue weighted by Gasteiger charge is 2.06. The summed E-state index contributed by atoms with van der Waals surface area (Å²) in [6, 6.07) is 6.37. The normalized spacial score (nSPS) is 11.4. The molecule has 0 aliphatic carbocycles. The summed E-state index contributed by atoms with van der Waals surface area (Å²) in [6.45, 7) is 0.548. The fourth-order valence-corrected chi connectivity index (χ4v) is 1.95. The SMILES string of the molecule is Cn1nncc1NCc1ccc(S(N)(=O)=O)cc1. The zero-order chi connectivity index (χ0) is 13.2. The van der Waals surface area contributed by atoms with Gasteiger partial charge in [-0.3, -0.25) is 0 Å². The van der Waals surface area contributed by atoms with E-state index >= 15 is 0 Å². The van der Waals surface area contributed by atoms with Crippen LogP contribution in [0.2, 0.25) is 0 Å². The molecule has 1 aromatic carbocycles. The van der Waals surface area contributed by atoms with Gasteiger partial charge in [0, 0.05) is 13.6 Å². The first-order valence-electron chi connectivity index (χ1n) is 5.17. The van der Waals surface area contributed by atoms with E-state index in [1.165, 1.54) is 12.1 Å². The van der Waals surface area contributed by atoms with E-state index < -0.39 is 10.0 Å². The Bertz CT molecular complexity index is 633. The van der Waals surface area contributed by atoms with Gasteiger partial charge in [0.2, 0.25) is 10.0 Å². The van der Waals surface area contributed by atoms with Crippen LogP contribution in [0.15, 0.2) is 35.4 Å². The number of aromatic nitrogens is 3. The molecule has 2 rings (SSSR count). The van der Waals surface area contributed by atoms with Crippen molar-refractivity contribution in [3.63, 3.8) is 0 Å². The summed E-state index contributed by atoms with van der Waals surface area (Å²) in [4.78, 5) is 0.105. The summed E-state index contributed by atoms with van der Waals surface area (Å²) in [5.41, 5.74) is 0.934. The highest BCUT2D eigenvalue weighted by atomic mass is 32.2. The van der Waals surface area contributed by atoms with Crippen molar-refractivity contribution in [3.8, 4) is 0 Å². The number of sulfonamides is 1. The standard InChI is InChI=1S/C10H13N5O2S/c1-15-10(7-13-14-15)12-6-8-2-4-9(5-3-8)18(11,16)17/h2-5,7,12H,6H2,1H3,(H2,11,16,17). The van der Waals surface area contributed by atoms with Gasteiger partial charge < -0.3 is 5.32 Å². The van der Waals surface area contributed by atoms with Crippen LogP contribution in [0.1, 0.15) is 5.56 Å². The lowest BCUT2D eigenvalue weighted by Crippen LogP contribution is -2.12. The van der Waals surface area contributed by atoms with Crippen LogP contribution in [0.4, 0.5) is 5.82 Å². The van der Waals surface area contributed by atoms with Gasteiger partial charge >= 0.3 is 0 Å². The number of nitrogens with two attached hydrogens (primary N) is 1. The molecule has 2 aromatic rings. The molecule has 0 aliphatic heterocycles. The Morgan fingerprint density at radius 2 is 2.00 bits per heavy atom. The molecule has 8 heteroatoms. The van der Waals surface area contributed by atoms with E-state index in [1.54, 1.807) is 30.1 Å². The van der Waals surface area contributed by atoms with Gasteiger partial charge in [-0.15, -0.1) is 5.10 Å². The van der Waals surface area contributed by atoms with E-state index in [9.17, 15) is 8.42 Å². The van der Waals surface area contributed by atoms with Gasteiger partial charge in [-0.1, -0.05) is 17.3 Å². The second-order valence-electron chi connectivity index (χ2n) is 3.79. The maximum atomic E-state index is 11.1. The average molecular weight is 267 g/mol. The van der Waals surface area contributed by atoms with Gasteiger partial charge in [0.25, 0.3) is 0 Å². The summed E-state index contributed by atoms with van der Waals surface area (Å²) < 4.78 is 23.8. The molecule has 1 aromatic heterocycles. The third-order valence-corrected chi connectivity index (χ3v) is 3.37. The molecule has 18 heavy (non-hydrogen) atoms. The number of aryl methyl sites for hydroxylation is 1. The Labute approximate surface area is 105 Å². The Morgan fingerprint density at radius 3 is 2.50 bits per heavy atom. The minimum Gasteiger partial charge on any atom is -0.365 e. The quantitative estimate of drug-likeness (QED) is 0.816. The molecule has 0 atom stereocenters. The van der Waals surface area contributed by atoms with Crippen LogP contribution in [0.3, 0.4) is 0 Å².